The monoisotopic (exact) mass is 510 g/mol. The van der Waals surface area contributed by atoms with Gasteiger partial charge in [0.15, 0.2) is 0 Å². The van der Waals surface area contributed by atoms with Gasteiger partial charge >= 0.3 is 0 Å². The molecule has 0 aliphatic rings. The largest absolute Gasteiger partial charge is 0.496 e. The molecule has 0 bridgehead atoms. The van der Waals surface area contributed by atoms with Crippen molar-refractivity contribution in [3.8, 4) is 11.5 Å². The summed E-state index contributed by atoms with van der Waals surface area (Å²) in [6, 6.07) is 18.8. The Balaban J connectivity index is 1.90. The van der Waals surface area contributed by atoms with E-state index in [9.17, 15) is 13.2 Å². The first-order valence-electron chi connectivity index (χ1n) is 12.0. The summed E-state index contributed by atoms with van der Waals surface area (Å²) in [4.78, 5) is 13.3. The molecule has 3 aromatic carbocycles. The second-order valence-electron chi connectivity index (χ2n) is 8.51. The Kier molecular flexibility index (Phi) is 8.98. The summed E-state index contributed by atoms with van der Waals surface area (Å²) in [7, 11) is -2.38. The molecule has 0 aliphatic heterocycles. The molecule has 0 radical (unpaired) electrons. The maximum absolute atomic E-state index is 13.6. The number of carbonyl (C=O) groups is 1. The number of nitrogens with one attached hydrogen (secondary N) is 1. The summed E-state index contributed by atoms with van der Waals surface area (Å²) in [5.41, 5.74) is 3.21. The van der Waals surface area contributed by atoms with E-state index in [1.54, 1.807) is 55.6 Å². The lowest BCUT2D eigenvalue weighted by Crippen LogP contribution is -2.42. The minimum atomic E-state index is -4.00. The van der Waals surface area contributed by atoms with E-state index in [-0.39, 0.29) is 17.5 Å². The van der Waals surface area contributed by atoms with E-state index in [4.69, 9.17) is 9.47 Å². The van der Waals surface area contributed by atoms with Crippen LogP contribution in [-0.2, 0) is 14.8 Å². The molecule has 0 aliphatic carbocycles. The molecule has 7 nitrogen and oxygen atoms in total. The number of aryl methyl sites for hydroxylation is 2. The van der Waals surface area contributed by atoms with Crippen molar-refractivity contribution < 1.29 is 22.7 Å². The number of benzene rings is 3. The van der Waals surface area contributed by atoms with Gasteiger partial charge in [-0.15, -0.1) is 0 Å². The lowest BCUT2D eigenvalue weighted by molar-refractivity contribution is -0.120. The number of methoxy groups -OCH3 is 1. The van der Waals surface area contributed by atoms with Crippen molar-refractivity contribution in [2.75, 3.05) is 24.6 Å². The Bertz CT molecular complexity index is 1270. The van der Waals surface area contributed by atoms with Crippen LogP contribution in [0, 0.1) is 13.8 Å². The summed E-state index contributed by atoms with van der Waals surface area (Å²) in [6.45, 7) is 7.81. The van der Waals surface area contributed by atoms with E-state index in [2.05, 4.69) is 5.32 Å². The van der Waals surface area contributed by atoms with E-state index < -0.39 is 15.9 Å². The molecule has 36 heavy (non-hydrogen) atoms. The summed E-state index contributed by atoms with van der Waals surface area (Å²) < 4.78 is 39.2. The van der Waals surface area contributed by atoms with Gasteiger partial charge in [-0.3, -0.25) is 9.10 Å². The zero-order valence-corrected chi connectivity index (χ0v) is 22.3. The minimum Gasteiger partial charge on any atom is -0.496 e. The maximum Gasteiger partial charge on any atom is 0.264 e. The summed E-state index contributed by atoms with van der Waals surface area (Å²) in [5.74, 6) is 0.991. The second kappa shape index (κ2) is 11.9. The summed E-state index contributed by atoms with van der Waals surface area (Å²) in [5, 5.41) is 3.00. The van der Waals surface area contributed by atoms with Crippen molar-refractivity contribution in [1.82, 2.24) is 5.32 Å². The van der Waals surface area contributed by atoms with Crippen molar-refractivity contribution in [3.63, 3.8) is 0 Å². The number of hydrogen-bond acceptors (Lipinski definition) is 5. The van der Waals surface area contributed by atoms with Gasteiger partial charge in [0.25, 0.3) is 10.0 Å². The van der Waals surface area contributed by atoms with Gasteiger partial charge in [-0.05, 0) is 80.8 Å². The fraction of sp³-hybridized carbons (Fsp3) is 0.321. The molecule has 1 N–H and O–H groups in total. The molecule has 0 spiro atoms. The molecule has 1 amide bonds. The highest BCUT2D eigenvalue weighted by Crippen LogP contribution is 2.27. The first-order chi connectivity index (χ1) is 17.2. The molecule has 0 heterocycles. The zero-order valence-electron chi connectivity index (χ0n) is 21.4. The van der Waals surface area contributed by atoms with Gasteiger partial charge < -0.3 is 14.8 Å². The number of amides is 1. The Morgan fingerprint density at radius 1 is 0.972 bits per heavy atom. The first kappa shape index (κ1) is 27.1. The number of sulfonamides is 1. The average molecular weight is 511 g/mol. The number of hydrogen-bond donors (Lipinski definition) is 1. The van der Waals surface area contributed by atoms with Gasteiger partial charge in [-0.25, -0.2) is 8.42 Å². The van der Waals surface area contributed by atoms with Crippen LogP contribution in [0.25, 0.3) is 0 Å². The molecule has 3 rings (SSSR count). The summed E-state index contributed by atoms with van der Waals surface area (Å²) >= 11 is 0. The van der Waals surface area contributed by atoms with Crippen LogP contribution in [-0.4, -0.2) is 34.6 Å². The topological polar surface area (TPSA) is 84.9 Å². The smallest absolute Gasteiger partial charge is 0.264 e. The molecular weight excluding hydrogens is 476 g/mol. The zero-order chi connectivity index (χ0) is 26.3. The van der Waals surface area contributed by atoms with Crippen LogP contribution in [0.5, 0.6) is 11.5 Å². The SMILES string of the molecule is CCOc1ccc(N(CC(=O)N[C@@H](CC)c2ccc(OC)c(C)c2)S(=O)(=O)c2ccc(C)cc2)cc1. The van der Waals surface area contributed by atoms with Gasteiger partial charge in [0.05, 0.1) is 30.3 Å². The third kappa shape index (κ3) is 6.37. The van der Waals surface area contributed by atoms with Crippen molar-refractivity contribution >= 4 is 21.6 Å². The van der Waals surface area contributed by atoms with Crippen LogP contribution in [0.15, 0.2) is 71.6 Å². The van der Waals surface area contributed by atoms with Crippen LogP contribution in [0.2, 0.25) is 0 Å². The lowest BCUT2D eigenvalue weighted by Gasteiger charge is -2.26. The van der Waals surface area contributed by atoms with Gasteiger partial charge in [-0.2, -0.15) is 0 Å². The highest BCUT2D eigenvalue weighted by atomic mass is 32.2. The quantitative estimate of drug-likeness (QED) is 0.385. The first-order valence-corrected chi connectivity index (χ1v) is 13.4. The number of anilines is 1. The van der Waals surface area contributed by atoms with Crippen molar-refractivity contribution in [3.05, 3.63) is 83.4 Å². The second-order valence-corrected chi connectivity index (χ2v) is 10.4. The van der Waals surface area contributed by atoms with Crippen LogP contribution in [0.4, 0.5) is 5.69 Å². The number of ether oxygens (including phenoxy) is 2. The lowest BCUT2D eigenvalue weighted by atomic mass is 10.0. The van der Waals surface area contributed by atoms with E-state index in [0.29, 0.717) is 24.5 Å². The molecule has 0 unspecified atom stereocenters. The average Bonchev–Trinajstić information content (AvgIpc) is 2.87. The number of rotatable bonds is 11. The molecule has 0 saturated heterocycles. The van der Waals surface area contributed by atoms with Crippen LogP contribution in [0.1, 0.15) is 43.0 Å². The highest BCUT2D eigenvalue weighted by molar-refractivity contribution is 7.92. The Morgan fingerprint density at radius 2 is 1.64 bits per heavy atom. The predicted octanol–water partition coefficient (Wildman–Crippen LogP) is 5.17. The normalized spacial score (nSPS) is 12.0. The Morgan fingerprint density at radius 3 is 2.19 bits per heavy atom. The van der Waals surface area contributed by atoms with E-state index in [1.807, 2.05) is 45.9 Å². The van der Waals surface area contributed by atoms with Gasteiger partial charge in [0.1, 0.15) is 18.0 Å². The molecular formula is C28H34N2O5S. The third-order valence-corrected chi connectivity index (χ3v) is 7.68. The van der Waals surface area contributed by atoms with E-state index >= 15 is 0 Å². The van der Waals surface area contributed by atoms with Gasteiger partial charge in [0.2, 0.25) is 5.91 Å². The van der Waals surface area contributed by atoms with Crippen molar-refractivity contribution in [2.45, 2.75) is 45.1 Å². The maximum atomic E-state index is 13.6. The minimum absolute atomic E-state index is 0.118. The predicted molar refractivity (Wildman–Crippen MR) is 142 cm³/mol. The molecule has 192 valence electrons. The van der Waals surface area contributed by atoms with Crippen molar-refractivity contribution in [1.29, 1.82) is 0 Å². The van der Waals surface area contributed by atoms with E-state index in [0.717, 1.165) is 26.7 Å². The van der Waals surface area contributed by atoms with Crippen LogP contribution >= 0.6 is 0 Å². The third-order valence-electron chi connectivity index (χ3n) is 5.90. The molecule has 0 aromatic heterocycles. The Labute approximate surface area is 214 Å². The Hall–Kier alpha value is -3.52. The molecule has 8 heteroatoms. The number of carbonyl (C=O) groups excluding carboxylic acids is 1. The standard InChI is InChI=1S/C28H34N2O5S/c1-6-26(22-10-17-27(34-5)21(4)18-22)29-28(31)19-30(23-11-13-24(14-12-23)35-7-2)36(32,33)25-15-8-20(3)9-16-25/h8-18,26H,6-7,19H2,1-5H3,(H,29,31)/t26-/m0/s1. The number of nitrogens with zero attached hydrogens (tertiary/aromatic N) is 1. The fourth-order valence-electron chi connectivity index (χ4n) is 3.94. The highest BCUT2D eigenvalue weighted by Gasteiger charge is 2.28. The van der Waals surface area contributed by atoms with Crippen LogP contribution in [0.3, 0.4) is 0 Å². The summed E-state index contributed by atoms with van der Waals surface area (Å²) in [6.07, 6.45) is 0.644. The molecule has 1 atom stereocenters. The molecule has 0 fully saturated rings. The van der Waals surface area contributed by atoms with Crippen molar-refractivity contribution in [2.24, 2.45) is 0 Å². The van der Waals surface area contributed by atoms with E-state index in [1.165, 1.54) is 0 Å². The van der Waals surface area contributed by atoms with Gasteiger partial charge in [0, 0.05) is 0 Å². The van der Waals surface area contributed by atoms with Gasteiger partial charge in [-0.1, -0.05) is 36.8 Å². The molecule has 0 saturated carbocycles. The van der Waals surface area contributed by atoms with Crippen LogP contribution < -0.4 is 19.1 Å². The molecule has 3 aromatic rings. The fourth-order valence-corrected chi connectivity index (χ4v) is 5.36.